The average molecular weight is 263 g/mol. The number of aliphatic carboxylic acids is 1. The molecule has 1 atom stereocenters. The maximum absolute atomic E-state index is 11.9. The first-order chi connectivity index (χ1) is 8.80. The number of carboxylic acid groups (broad SMARTS) is 1. The summed E-state index contributed by atoms with van der Waals surface area (Å²) in [7, 11) is 0. The van der Waals surface area contributed by atoms with Gasteiger partial charge in [0.15, 0.2) is 0 Å². The summed E-state index contributed by atoms with van der Waals surface area (Å²) in [5.41, 5.74) is 0.499. The first kappa shape index (κ1) is 15.2. The van der Waals surface area contributed by atoms with Gasteiger partial charge in [-0.25, -0.2) is 0 Å². The van der Waals surface area contributed by atoms with Gasteiger partial charge in [0.25, 0.3) is 0 Å². The fourth-order valence-corrected chi connectivity index (χ4v) is 2.02. The Hall–Kier alpha value is -1.84. The van der Waals surface area contributed by atoms with Crippen molar-refractivity contribution < 1.29 is 14.7 Å². The van der Waals surface area contributed by atoms with Gasteiger partial charge in [-0.2, -0.15) is 0 Å². The van der Waals surface area contributed by atoms with Gasteiger partial charge in [0, 0.05) is 6.42 Å². The molecule has 1 unspecified atom stereocenters. The average Bonchev–Trinajstić information content (AvgIpc) is 2.27. The molecule has 19 heavy (non-hydrogen) atoms. The molecule has 4 heteroatoms. The number of carbonyl (C=O) groups is 2. The summed E-state index contributed by atoms with van der Waals surface area (Å²) in [6.07, 6.45) is 0.191. The van der Waals surface area contributed by atoms with Crippen LogP contribution in [0.15, 0.2) is 30.3 Å². The SMILES string of the molecule is CC(NC(=O)CC(C)(C)CC(=O)O)c1ccccc1. The molecule has 0 radical (unpaired) electrons. The summed E-state index contributed by atoms with van der Waals surface area (Å²) in [5.74, 6) is -1.00. The third kappa shape index (κ3) is 5.55. The first-order valence-corrected chi connectivity index (χ1v) is 6.36. The van der Waals surface area contributed by atoms with Gasteiger partial charge in [0.1, 0.15) is 0 Å². The molecule has 104 valence electrons. The molecule has 0 saturated carbocycles. The molecule has 1 rings (SSSR count). The van der Waals surface area contributed by atoms with Gasteiger partial charge in [-0.15, -0.1) is 0 Å². The van der Waals surface area contributed by atoms with Crippen molar-refractivity contribution in [3.8, 4) is 0 Å². The lowest BCUT2D eigenvalue weighted by Gasteiger charge is -2.23. The van der Waals surface area contributed by atoms with E-state index in [1.165, 1.54) is 0 Å². The van der Waals surface area contributed by atoms with E-state index in [4.69, 9.17) is 5.11 Å². The maximum atomic E-state index is 11.9. The van der Waals surface area contributed by atoms with Gasteiger partial charge < -0.3 is 10.4 Å². The molecule has 0 aromatic heterocycles. The zero-order valence-electron chi connectivity index (χ0n) is 11.6. The van der Waals surface area contributed by atoms with Crippen molar-refractivity contribution in [1.82, 2.24) is 5.32 Å². The highest BCUT2D eigenvalue weighted by molar-refractivity contribution is 5.78. The smallest absolute Gasteiger partial charge is 0.303 e. The van der Waals surface area contributed by atoms with Gasteiger partial charge in [0.2, 0.25) is 5.91 Å². The number of hydrogen-bond donors (Lipinski definition) is 2. The van der Waals surface area contributed by atoms with Crippen molar-refractivity contribution in [2.45, 2.75) is 39.7 Å². The zero-order valence-corrected chi connectivity index (χ0v) is 11.6. The molecule has 2 N–H and O–H groups in total. The minimum atomic E-state index is -0.881. The highest BCUT2D eigenvalue weighted by atomic mass is 16.4. The summed E-state index contributed by atoms with van der Waals surface area (Å²) in [6, 6.07) is 9.60. The highest BCUT2D eigenvalue weighted by Crippen LogP contribution is 2.25. The lowest BCUT2D eigenvalue weighted by molar-refractivity contribution is -0.139. The van der Waals surface area contributed by atoms with Crippen molar-refractivity contribution in [2.24, 2.45) is 5.41 Å². The third-order valence-corrected chi connectivity index (χ3v) is 2.95. The van der Waals surface area contributed by atoms with E-state index in [9.17, 15) is 9.59 Å². The van der Waals surface area contributed by atoms with Crippen LogP contribution in [0.4, 0.5) is 0 Å². The largest absolute Gasteiger partial charge is 0.481 e. The minimum absolute atomic E-state index is 0.0138. The van der Waals surface area contributed by atoms with Crippen LogP contribution in [0.2, 0.25) is 0 Å². The predicted molar refractivity (Wildman–Crippen MR) is 73.7 cm³/mol. The van der Waals surface area contributed by atoms with E-state index in [0.29, 0.717) is 0 Å². The molecule has 0 aliphatic heterocycles. The standard InChI is InChI=1S/C15H21NO3/c1-11(12-7-5-4-6-8-12)16-13(17)9-15(2,3)10-14(18)19/h4-8,11H,9-10H2,1-3H3,(H,16,17)(H,18,19). The van der Waals surface area contributed by atoms with E-state index in [2.05, 4.69) is 5.32 Å². The molecule has 0 bridgehead atoms. The maximum Gasteiger partial charge on any atom is 0.303 e. The molecule has 1 aromatic rings. The molecular weight excluding hydrogens is 242 g/mol. The number of nitrogens with one attached hydrogen (secondary N) is 1. The zero-order chi connectivity index (χ0) is 14.5. The van der Waals surface area contributed by atoms with Crippen LogP contribution in [0.5, 0.6) is 0 Å². The van der Waals surface area contributed by atoms with Gasteiger partial charge >= 0.3 is 5.97 Å². The van der Waals surface area contributed by atoms with Crippen molar-refractivity contribution in [1.29, 1.82) is 0 Å². The lowest BCUT2D eigenvalue weighted by Crippen LogP contribution is -2.31. The number of amides is 1. The lowest BCUT2D eigenvalue weighted by atomic mass is 9.85. The summed E-state index contributed by atoms with van der Waals surface area (Å²) in [4.78, 5) is 22.6. The van der Waals surface area contributed by atoms with E-state index in [0.717, 1.165) is 5.56 Å². The Morgan fingerprint density at radius 2 is 1.79 bits per heavy atom. The quantitative estimate of drug-likeness (QED) is 0.829. The Kier molecular flexibility index (Phi) is 5.10. The van der Waals surface area contributed by atoms with Crippen LogP contribution in [-0.2, 0) is 9.59 Å². The molecule has 0 saturated heterocycles. The van der Waals surface area contributed by atoms with Crippen LogP contribution < -0.4 is 5.32 Å². The monoisotopic (exact) mass is 263 g/mol. The summed E-state index contributed by atoms with van der Waals surface area (Å²) in [5, 5.41) is 11.7. The molecule has 0 aliphatic rings. The summed E-state index contributed by atoms with van der Waals surface area (Å²) in [6.45, 7) is 5.49. The number of carbonyl (C=O) groups excluding carboxylic acids is 1. The van der Waals surface area contributed by atoms with E-state index < -0.39 is 11.4 Å². The number of benzene rings is 1. The molecule has 0 heterocycles. The van der Waals surface area contributed by atoms with Crippen molar-refractivity contribution in [3.05, 3.63) is 35.9 Å². The molecular formula is C15H21NO3. The molecule has 0 aliphatic carbocycles. The molecule has 0 fully saturated rings. The topological polar surface area (TPSA) is 66.4 Å². The Labute approximate surface area is 113 Å². The van der Waals surface area contributed by atoms with Crippen LogP contribution >= 0.6 is 0 Å². The summed E-state index contributed by atoms with van der Waals surface area (Å²) >= 11 is 0. The fraction of sp³-hybridized carbons (Fsp3) is 0.467. The molecule has 1 amide bonds. The number of carboxylic acids is 1. The molecule has 1 aromatic carbocycles. The first-order valence-electron chi connectivity index (χ1n) is 6.36. The molecule has 4 nitrogen and oxygen atoms in total. The van der Waals surface area contributed by atoms with E-state index in [1.54, 1.807) is 13.8 Å². The predicted octanol–water partition coefficient (Wildman–Crippen LogP) is 2.75. The second-order valence-electron chi connectivity index (χ2n) is 5.61. The summed E-state index contributed by atoms with van der Waals surface area (Å²) < 4.78 is 0. The Morgan fingerprint density at radius 1 is 1.21 bits per heavy atom. The van der Waals surface area contributed by atoms with Crippen molar-refractivity contribution in [2.75, 3.05) is 0 Å². The normalized spacial score (nSPS) is 12.8. The van der Waals surface area contributed by atoms with Crippen LogP contribution in [0.25, 0.3) is 0 Å². The second kappa shape index (κ2) is 6.36. The third-order valence-electron chi connectivity index (χ3n) is 2.95. The van der Waals surface area contributed by atoms with Crippen LogP contribution in [0.1, 0.15) is 45.2 Å². The van der Waals surface area contributed by atoms with E-state index >= 15 is 0 Å². The second-order valence-corrected chi connectivity index (χ2v) is 5.61. The Morgan fingerprint density at radius 3 is 2.32 bits per heavy atom. The Bertz CT molecular complexity index is 440. The van der Waals surface area contributed by atoms with E-state index in [-0.39, 0.29) is 24.8 Å². The van der Waals surface area contributed by atoms with Crippen LogP contribution in [-0.4, -0.2) is 17.0 Å². The highest BCUT2D eigenvalue weighted by Gasteiger charge is 2.25. The number of rotatable bonds is 6. The van der Waals surface area contributed by atoms with E-state index in [1.807, 2.05) is 37.3 Å². The van der Waals surface area contributed by atoms with Gasteiger partial charge in [-0.05, 0) is 17.9 Å². The van der Waals surface area contributed by atoms with Crippen LogP contribution in [0.3, 0.4) is 0 Å². The van der Waals surface area contributed by atoms with Crippen molar-refractivity contribution in [3.63, 3.8) is 0 Å². The van der Waals surface area contributed by atoms with Gasteiger partial charge in [-0.1, -0.05) is 44.2 Å². The minimum Gasteiger partial charge on any atom is -0.481 e. The Balaban J connectivity index is 2.54. The number of hydrogen-bond acceptors (Lipinski definition) is 2. The van der Waals surface area contributed by atoms with Crippen LogP contribution in [0, 0.1) is 5.41 Å². The van der Waals surface area contributed by atoms with Gasteiger partial charge in [-0.3, -0.25) is 9.59 Å². The van der Waals surface area contributed by atoms with Crippen molar-refractivity contribution >= 4 is 11.9 Å². The fourth-order valence-electron chi connectivity index (χ4n) is 2.02. The van der Waals surface area contributed by atoms with Gasteiger partial charge in [0.05, 0.1) is 12.5 Å². The molecule has 0 spiro atoms.